The van der Waals surface area contributed by atoms with Gasteiger partial charge in [0.1, 0.15) is 6.29 Å². The van der Waals surface area contributed by atoms with Crippen LogP contribution < -0.4 is 10.4 Å². The molecule has 3 heteroatoms. The Labute approximate surface area is 166 Å². The average Bonchev–Trinajstić information content (AvgIpc) is 2.67. The molecule has 2 rings (SSSR count). The van der Waals surface area contributed by atoms with Gasteiger partial charge in [-0.2, -0.15) is 0 Å². The van der Waals surface area contributed by atoms with Crippen LogP contribution in [0.4, 0.5) is 0 Å². The summed E-state index contributed by atoms with van der Waals surface area (Å²) in [4.78, 5) is 11.1. The largest absolute Gasteiger partial charge is 0.407 e. The molecule has 0 bridgehead atoms. The third-order valence-corrected chi connectivity index (χ3v) is 10.5. The number of aldehydes is 1. The van der Waals surface area contributed by atoms with Gasteiger partial charge < -0.3 is 9.22 Å². The molecule has 2 aromatic carbocycles. The summed E-state index contributed by atoms with van der Waals surface area (Å²) in [6.07, 6.45) is 2.97. The second kappa shape index (κ2) is 9.47. The molecule has 0 fully saturated rings. The fraction of sp³-hybridized carbons (Fsp3) is 0.458. The van der Waals surface area contributed by atoms with Crippen LogP contribution in [0.15, 0.2) is 60.7 Å². The van der Waals surface area contributed by atoms with E-state index in [-0.39, 0.29) is 11.0 Å². The molecule has 0 spiro atoms. The zero-order valence-corrected chi connectivity index (χ0v) is 18.4. The summed E-state index contributed by atoms with van der Waals surface area (Å²) in [5.74, 6) is 0.476. The molecule has 0 amide bonds. The molecule has 0 radical (unpaired) electrons. The van der Waals surface area contributed by atoms with E-state index in [9.17, 15) is 4.79 Å². The van der Waals surface area contributed by atoms with Crippen molar-refractivity contribution in [2.24, 2.45) is 11.8 Å². The van der Waals surface area contributed by atoms with E-state index in [1.165, 1.54) is 10.4 Å². The van der Waals surface area contributed by atoms with Crippen LogP contribution in [-0.2, 0) is 9.22 Å². The van der Waals surface area contributed by atoms with Crippen LogP contribution in [0.25, 0.3) is 0 Å². The van der Waals surface area contributed by atoms with Gasteiger partial charge in [0.15, 0.2) is 0 Å². The summed E-state index contributed by atoms with van der Waals surface area (Å²) in [6.45, 7) is 11.8. The van der Waals surface area contributed by atoms with Crippen molar-refractivity contribution in [2.45, 2.75) is 52.5 Å². The van der Waals surface area contributed by atoms with Gasteiger partial charge >= 0.3 is 0 Å². The minimum absolute atomic E-state index is 0.00965. The van der Waals surface area contributed by atoms with Crippen molar-refractivity contribution in [2.75, 3.05) is 6.61 Å². The van der Waals surface area contributed by atoms with Crippen LogP contribution in [0.5, 0.6) is 0 Å². The maximum absolute atomic E-state index is 11.1. The molecule has 0 aliphatic heterocycles. The Morgan fingerprint density at radius 1 is 0.963 bits per heavy atom. The minimum Gasteiger partial charge on any atom is -0.407 e. The molecule has 0 aliphatic rings. The number of carbonyl (C=O) groups is 1. The van der Waals surface area contributed by atoms with Crippen LogP contribution in [0, 0.1) is 11.8 Å². The monoisotopic (exact) mass is 382 g/mol. The standard InChI is InChI=1S/C24H34O2Si/c1-6-21(17-20(2)18-25)19-26-27(24(3,4)5,22-13-9-7-10-14-22)23-15-11-8-12-16-23/h7-16,18,20-21H,6,17,19H2,1-5H3/t20-,21-/m0/s1. The Morgan fingerprint density at radius 2 is 1.44 bits per heavy atom. The molecule has 0 aliphatic carbocycles. The predicted octanol–water partition coefficient (Wildman–Crippen LogP) is 4.81. The van der Waals surface area contributed by atoms with Gasteiger partial charge in [-0.1, -0.05) is 102 Å². The summed E-state index contributed by atoms with van der Waals surface area (Å²) in [5.41, 5.74) is 0. The van der Waals surface area contributed by atoms with E-state index in [4.69, 9.17) is 4.43 Å². The molecule has 0 saturated heterocycles. The van der Waals surface area contributed by atoms with Gasteiger partial charge in [-0.3, -0.25) is 0 Å². The summed E-state index contributed by atoms with van der Waals surface area (Å²) < 4.78 is 6.99. The van der Waals surface area contributed by atoms with Crippen molar-refractivity contribution in [1.29, 1.82) is 0 Å². The summed E-state index contributed by atoms with van der Waals surface area (Å²) in [7, 11) is -2.48. The highest BCUT2D eigenvalue weighted by molar-refractivity contribution is 6.99. The van der Waals surface area contributed by atoms with Crippen molar-refractivity contribution in [3.05, 3.63) is 60.7 Å². The molecule has 2 nitrogen and oxygen atoms in total. The first-order valence-corrected chi connectivity index (χ1v) is 12.0. The molecule has 0 unspecified atom stereocenters. The minimum atomic E-state index is -2.48. The second-order valence-electron chi connectivity index (χ2n) is 8.60. The maximum Gasteiger partial charge on any atom is 0.261 e. The van der Waals surface area contributed by atoms with E-state index in [0.29, 0.717) is 12.5 Å². The Kier molecular flexibility index (Phi) is 7.57. The van der Waals surface area contributed by atoms with Crippen LogP contribution in [0.1, 0.15) is 47.5 Å². The molecule has 27 heavy (non-hydrogen) atoms. The highest BCUT2D eigenvalue weighted by Crippen LogP contribution is 2.37. The first-order chi connectivity index (χ1) is 12.8. The first-order valence-electron chi connectivity index (χ1n) is 10.1. The number of hydrogen-bond donors (Lipinski definition) is 0. The maximum atomic E-state index is 11.1. The van der Waals surface area contributed by atoms with Crippen molar-refractivity contribution >= 4 is 25.0 Å². The van der Waals surface area contributed by atoms with E-state index in [1.54, 1.807) is 0 Å². The fourth-order valence-corrected chi connectivity index (χ4v) is 8.58. The van der Waals surface area contributed by atoms with Gasteiger partial charge in [0, 0.05) is 12.5 Å². The van der Waals surface area contributed by atoms with E-state index in [0.717, 1.165) is 19.1 Å². The highest BCUT2D eigenvalue weighted by atomic mass is 28.4. The number of benzene rings is 2. The zero-order valence-electron chi connectivity index (χ0n) is 17.4. The quantitative estimate of drug-likeness (QED) is 0.459. The van der Waals surface area contributed by atoms with Gasteiger partial charge in [-0.05, 0) is 27.8 Å². The molecular weight excluding hydrogens is 348 g/mol. The van der Waals surface area contributed by atoms with Crippen LogP contribution in [-0.4, -0.2) is 21.2 Å². The molecule has 2 aromatic rings. The predicted molar refractivity (Wildman–Crippen MR) is 117 cm³/mol. The van der Waals surface area contributed by atoms with Crippen LogP contribution in [0.2, 0.25) is 5.04 Å². The Bertz CT molecular complexity index is 652. The van der Waals surface area contributed by atoms with Crippen LogP contribution >= 0.6 is 0 Å². The molecule has 0 N–H and O–H groups in total. The topological polar surface area (TPSA) is 26.3 Å². The van der Waals surface area contributed by atoms with Gasteiger partial charge in [-0.15, -0.1) is 0 Å². The van der Waals surface area contributed by atoms with E-state index >= 15 is 0 Å². The average molecular weight is 383 g/mol. The van der Waals surface area contributed by atoms with Gasteiger partial charge in [0.25, 0.3) is 8.32 Å². The smallest absolute Gasteiger partial charge is 0.261 e. The summed E-state index contributed by atoms with van der Waals surface area (Å²) in [5, 5.41) is 2.61. The summed E-state index contributed by atoms with van der Waals surface area (Å²) in [6, 6.07) is 21.5. The molecular formula is C24H34O2Si. The molecule has 146 valence electrons. The second-order valence-corrected chi connectivity index (χ2v) is 12.9. The van der Waals surface area contributed by atoms with Gasteiger partial charge in [0.05, 0.1) is 0 Å². The lowest BCUT2D eigenvalue weighted by Gasteiger charge is -2.43. The number of rotatable bonds is 9. The lowest BCUT2D eigenvalue weighted by atomic mass is 9.95. The Balaban J connectivity index is 2.47. The van der Waals surface area contributed by atoms with Gasteiger partial charge in [-0.25, -0.2) is 0 Å². The number of hydrogen-bond acceptors (Lipinski definition) is 2. The molecule has 0 aromatic heterocycles. The highest BCUT2D eigenvalue weighted by Gasteiger charge is 2.50. The van der Waals surface area contributed by atoms with E-state index < -0.39 is 8.32 Å². The number of carbonyl (C=O) groups excluding carboxylic acids is 1. The third kappa shape index (κ3) is 4.97. The normalized spacial score (nSPS) is 14.6. The molecule has 0 saturated carbocycles. The molecule has 2 atom stereocenters. The van der Waals surface area contributed by atoms with E-state index in [2.05, 4.69) is 88.4 Å². The van der Waals surface area contributed by atoms with Crippen molar-refractivity contribution in [3.63, 3.8) is 0 Å². The lowest BCUT2D eigenvalue weighted by Crippen LogP contribution is -2.66. The first kappa shape index (κ1) is 21.6. The SMILES string of the molecule is CC[C@H](CO[Si](c1ccccc1)(c1ccccc1)C(C)(C)C)C[C@H](C)C=O. The third-order valence-electron chi connectivity index (χ3n) is 5.47. The van der Waals surface area contributed by atoms with Crippen molar-refractivity contribution < 1.29 is 9.22 Å². The van der Waals surface area contributed by atoms with Crippen molar-refractivity contribution in [3.8, 4) is 0 Å². The van der Waals surface area contributed by atoms with Gasteiger partial charge in [0.2, 0.25) is 0 Å². The van der Waals surface area contributed by atoms with Crippen LogP contribution in [0.3, 0.4) is 0 Å². The molecule has 0 heterocycles. The lowest BCUT2D eigenvalue weighted by molar-refractivity contribution is -0.111. The summed E-state index contributed by atoms with van der Waals surface area (Å²) >= 11 is 0. The Morgan fingerprint density at radius 3 is 1.81 bits per heavy atom. The van der Waals surface area contributed by atoms with Crippen molar-refractivity contribution in [1.82, 2.24) is 0 Å². The zero-order chi connectivity index (χ0) is 19.9. The fourth-order valence-electron chi connectivity index (χ4n) is 3.94. The Hall–Kier alpha value is -1.71. The van der Waals surface area contributed by atoms with E-state index in [1.807, 2.05) is 6.92 Å².